The van der Waals surface area contributed by atoms with Crippen LogP contribution in [0.4, 0.5) is 0 Å². The van der Waals surface area contributed by atoms with Gasteiger partial charge in [-0.1, -0.05) is 0 Å². The maximum absolute atomic E-state index is 5.37. The molecule has 0 aromatic heterocycles. The molecule has 0 atom stereocenters. The van der Waals surface area contributed by atoms with E-state index in [1.54, 1.807) is 21.3 Å². The van der Waals surface area contributed by atoms with E-state index in [2.05, 4.69) is 10.2 Å². The molecule has 6 nitrogen and oxygen atoms in total. The maximum Gasteiger partial charge on any atom is 0.203 e. The molecule has 0 bridgehead atoms. The minimum Gasteiger partial charge on any atom is -0.493 e. The summed E-state index contributed by atoms with van der Waals surface area (Å²) in [5, 5.41) is 3.47. The van der Waals surface area contributed by atoms with Gasteiger partial charge in [0, 0.05) is 19.6 Å². The number of nitrogens with zero attached hydrogens (tertiary/aromatic N) is 1. The molecule has 0 spiro atoms. The molecule has 1 fully saturated rings. The zero-order chi connectivity index (χ0) is 16.5. The molecule has 1 aromatic carbocycles. The predicted octanol–water partition coefficient (Wildman–Crippen LogP) is 2.37. The molecule has 0 radical (unpaired) electrons. The Labute approximate surface area is 163 Å². The first-order valence-corrected chi connectivity index (χ1v) is 8.08. The van der Waals surface area contributed by atoms with Gasteiger partial charge in [-0.2, -0.15) is 0 Å². The second-order valence-electron chi connectivity index (χ2n) is 5.52. The van der Waals surface area contributed by atoms with Crippen LogP contribution in [0.25, 0.3) is 0 Å². The summed E-state index contributed by atoms with van der Waals surface area (Å²) in [4.78, 5) is 2.45. The van der Waals surface area contributed by atoms with Gasteiger partial charge < -0.3 is 24.3 Å². The fourth-order valence-electron chi connectivity index (χ4n) is 2.72. The average molecular weight is 397 g/mol. The Morgan fingerprint density at radius 3 is 2.12 bits per heavy atom. The van der Waals surface area contributed by atoms with Crippen LogP contribution in [0.5, 0.6) is 17.2 Å². The topological polar surface area (TPSA) is 52.2 Å². The van der Waals surface area contributed by atoms with Gasteiger partial charge in [-0.3, -0.25) is 4.90 Å². The number of morpholine rings is 1. The first-order chi connectivity index (χ1) is 11.3. The van der Waals surface area contributed by atoms with E-state index in [0.29, 0.717) is 17.2 Å². The van der Waals surface area contributed by atoms with E-state index in [0.717, 1.165) is 57.9 Å². The SMILES string of the molecule is COc1cc(CNCCCN2CCOCC2)cc(OC)c1OC.Cl.Cl. The van der Waals surface area contributed by atoms with Gasteiger partial charge in [-0.05, 0) is 37.2 Å². The van der Waals surface area contributed by atoms with E-state index in [9.17, 15) is 0 Å². The van der Waals surface area contributed by atoms with Crippen LogP contribution in [-0.4, -0.2) is 65.6 Å². The van der Waals surface area contributed by atoms with Crippen molar-refractivity contribution in [2.75, 3.05) is 60.7 Å². The van der Waals surface area contributed by atoms with E-state index < -0.39 is 0 Å². The van der Waals surface area contributed by atoms with Crippen LogP contribution in [0.3, 0.4) is 0 Å². The lowest BCUT2D eigenvalue weighted by Crippen LogP contribution is -2.37. The van der Waals surface area contributed by atoms with Crippen molar-refractivity contribution in [1.82, 2.24) is 10.2 Å². The highest BCUT2D eigenvalue weighted by atomic mass is 35.5. The number of hydrogen-bond acceptors (Lipinski definition) is 6. The van der Waals surface area contributed by atoms with Crippen molar-refractivity contribution in [2.45, 2.75) is 13.0 Å². The van der Waals surface area contributed by atoms with Gasteiger partial charge in [0.1, 0.15) is 0 Å². The summed E-state index contributed by atoms with van der Waals surface area (Å²) in [5.41, 5.74) is 1.12. The first-order valence-electron chi connectivity index (χ1n) is 8.08. The Hall–Kier alpha value is -0.920. The zero-order valence-electron chi connectivity index (χ0n) is 15.2. The molecule has 1 aromatic rings. The van der Waals surface area contributed by atoms with Crippen molar-refractivity contribution in [2.24, 2.45) is 0 Å². The molecule has 146 valence electrons. The van der Waals surface area contributed by atoms with Crippen LogP contribution in [0.2, 0.25) is 0 Å². The normalized spacial score (nSPS) is 14.2. The van der Waals surface area contributed by atoms with Gasteiger partial charge in [0.2, 0.25) is 5.75 Å². The summed E-state index contributed by atoms with van der Waals surface area (Å²) in [6.45, 7) is 6.69. The number of benzene rings is 1. The number of rotatable bonds is 9. The van der Waals surface area contributed by atoms with Crippen LogP contribution >= 0.6 is 24.8 Å². The summed E-state index contributed by atoms with van der Waals surface area (Å²) in [6, 6.07) is 3.96. The Balaban J connectivity index is 0.00000288. The second kappa shape index (κ2) is 13.3. The predicted molar refractivity (Wildman–Crippen MR) is 104 cm³/mol. The van der Waals surface area contributed by atoms with E-state index in [1.165, 1.54) is 0 Å². The summed E-state index contributed by atoms with van der Waals surface area (Å²) < 4.78 is 21.4. The Morgan fingerprint density at radius 2 is 1.60 bits per heavy atom. The van der Waals surface area contributed by atoms with Crippen molar-refractivity contribution in [3.8, 4) is 17.2 Å². The van der Waals surface area contributed by atoms with Gasteiger partial charge in [-0.15, -0.1) is 24.8 Å². The highest BCUT2D eigenvalue weighted by Crippen LogP contribution is 2.38. The molecule has 25 heavy (non-hydrogen) atoms. The Kier molecular flexibility index (Phi) is 12.8. The molecular formula is C17H30Cl2N2O4. The molecule has 1 heterocycles. The molecule has 8 heteroatoms. The van der Waals surface area contributed by atoms with Crippen molar-refractivity contribution < 1.29 is 18.9 Å². The van der Waals surface area contributed by atoms with Crippen molar-refractivity contribution in [3.05, 3.63) is 17.7 Å². The molecule has 0 unspecified atom stereocenters. The molecule has 2 rings (SSSR count). The summed E-state index contributed by atoms with van der Waals surface area (Å²) in [6.07, 6.45) is 1.13. The molecule has 0 saturated carbocycles. The molecule has 0 aliphatic carbocycles. The van der Waals surface area contributed by atoms with E-state index >= 15 is 0 Å². The van der Waals surface area contributed by atoms with Crippen molar-refractivity contribution in [1.29, 1.82) is 0 Å². The third-order valence-electron chi connectivity index (χ3n) is 3.99. The number of halogens is 2. The van der Waals surface area contributed by atoms with Gasteiger partial charge >= 0.3 is 0 Å². The standard InChI is InChI=1S/C17H28N2O4.2ClH/c1-20-15-11-14(12-16(21-2)17(15)22-3)13-18-5-4-6-19-7-9-23-10-8-19;;/h11-12,18H,4-10,13H2,1-3H3;2*1H. The lowest BCUT2D eigenvalue weighted by Gasteiger charge is -2.26. The second-order valence-corrected chi connectivity index (χ2v) is 5.52. The van der Waals surface area contributed by atoms with Crippen LogP contribution in [0.1, 0.15) is 12.0 Å². The van der Waals surface area contributed by atoms with Crippen molar-refractivity contribution >= 4 is 24.8 Å². The van der Waals surface area contributed by atoms with Crippen molar-refractivity contribution in [3.63, 3.8) is 0 Å². The first kappa shape index (κ1) is 24.1. The number of hydrogen-bond donors (Lipinski definition) is 1. The number of methoxy groups -OCH3 is 3. The third kappa shape index (κ3) is 7.46. The average Bonchev–Trinajstić information content (AvgIpc) is 2.61. The molecule has 1 aliphatic heterocycles. The molecule has 1 saturated heterocycles. The molecular weight excluding hydrogens is 367 g/mol. The largest absolute Gasteiger partial charge is 0.493 e. The third-order valence-corrected chi connectivity index (χ3v) is 3.99. The lowest BCUT2D eigenvalue weighted by atomic mass is 10.1. The van der Waals surface area contributed by atoms with Crippen LogP contribution in [0.15, 0.2) is 12.1 Å². The minimum absolute atomic E-state index is 0. The zero-order valence-corrected chi connectivity index (χ0v) is 16.8. The molecule has 0 amide bonds. The highest BCUT2D eigenvalue weighted by Gasteiger charge is 2.13. The lowest BCUT2D eigenvalue weighted by molar-refractivity contribution is 0.0374. The monoisotopic (exact) mass is 396 g/mol. The highest BCUT2D eigenvalue weighted by molar-refractivity contribution is 5.85. The number of ether oxygens (including phenoxy) is 4. The Morgan fingerprint density at radius 1 is 1.00 bits per heavy atom. The van der Waals surface area contributed by atoms with Crippen LogP contribution < -0.4 is 19.5 Å². The van der Waals surface area contributed by atoms with E-state index in [-0.39, 0.29) is 24.8 Å². The van der Waals surface area contributed by atoms with Gasteiger partial charge in [0.15, 0.2) is 11.5 Å². The van der Waals surface area contributed by atoms with Crippen LogP contribution in [-0.2, 0) is 11.3 Å². The maximum atomic E-state index is 5.37. The molecule has 1 aliphatic rings. The van der Waals surface area contributed by atoms with Crippen LogP contribution in [0, 0.1) is 0 Å². The molecule has 1 N–H and O–H groups in total. The quantitative estimate of drug-likeness (QED) is 0.646. The van der Waals surface area contributed by atoms with Gasteiger partial charge in [0.25, 0.3) is 0 Å². The Bertz CT molecular complexity index is 461. The fraction of sp³-hybridized carbons (Fsp3) is 0.647. The summed E-state index contributed by atoms with van der Waals surface area (Å²) in [5.74, 6) is 2.01. The van der Waals surface area contributed by atoms with Gasteiger partial charge in [-0.25, -0.2) is 0 Å². The van der Waals surface area contributed by atoms with E-state index in [4.69, 9.17) is 18.9 Å². The number of nitrogens with one attached hydrogen (secondary N) is 1. The smallest absolute Gasteiger partial charge is 0.203 e. The summed E-state index contributed by atoms with van der Waals surface area (Å²) >= 11 is 0. The summed E-state index contributed by atoms with van der Waals surface area (Å²) in [7, 11) is 4.89. The van der Waals surface area contributed by atoms with Gasteiger partial charge in [0.05, 0.1) is 34.5 Å². The van der Waals surface area contributed by atoms with E-state index in [1.807, 2.05) is 12.1 Å². The minimum atomic E-state index is 0. The fourth-order valence-corrected chi connectivity index (χ4v) is 2.72.